The molecule has 0 saturated heterocycles. The van der Waals surface area contributed by atoms with E-state index >= 15 is 0 Å². The van der Waals surface area contributed by atoms with E-state index in [2.05, 4.69) is 6.58 Å². The van der Waals surface area contributed by atoms with Crippen LogP contribution in [0, 0.1) is 5.92 Å². The average molecular weight is 315 g/mol. The van der Waals surface area contributed by atoms with Crippen LogP contribution in [0.2, 0.25) is 0 Å². The molecule has 0 fully saturated rings. The molecule has 1 aromatic carbocycles. The Bertz CT molecular complexity index is 497. The molecule has 0 aliphatic heterocycles. The summed E-state index contributed by atoms with van der Waals surface area (Å²) >= 11 is 0. The topological polar surface area (TPSA) is 52.3 Å². The molecule has 0 aliphatic carbocycles. The Morgan fingerprint density at radius 1 is 1.36 bits per heavy atom. The molecule has 0 aliphatic rings. The zero-order valence-electron chi connectivity index (χ0n) is 12.4. The van der Waals surface area contributed by atoms with Crippen molar-refractivity contribution >= 4 is 5.97 Å². The normalized spacial score (nSPS) is 14.2. The minimum atomic E-state index is -4.33. The number of hydrogen-bond donors (Lipinski definition) is 1. The molecule has 3 nitrogen and oxygen atoms in total. The molecule has 2 unspecified atom stereocenters. The third-order valence-corrected chi connectivity index (χ3v) is 3.25. The van der Waals surface area contributed by atoms with E-state index < -0.39 is 17.7 Å². The molecular weight excluding hydrogens is 295 g/mol. The molecule has 0 radical (unpaired) electrons. The number of halogens is 3. The van der Waals surface area contributed by atoms with Gasteiger partial charge in [-0.05, 0) is 43.4 Å². The summed E-state index contributed by atoms with van der Waals surface area (Å²) in [6, 6.07) is 5.03. The highest BCUT2D eigenvalue weighted by atomic mass is 19.4. The molecule has 0 amide bonds. The van der Waals surface area contributed by atoms with Crippen LogP contribution in [0.1, 0.15) is 24.5 Å². The number of ether oxygens (including phenoxy) is 1. The van der Waals surface area contributed by atoms with E-state index in [-0.39, 0.29) is 18.6 Å². The van der Waals surface area contributed by atoms with E-state index in [0.29, 0.717) is 12.8 Å². The Kier molecular flexibility index (Phi) is 6.61. The Morgan fingerprint density at radius 3 is 2.41 bits per heavy atom. The van der Waals surface area contributed by atoms with E-state index in [9.17, 15) is 18.0 Å². The number of carbonyl (C=O) groups is 1. The lowest BCUT2D eigenvalue weighted by atomic mass is 9.93. The van der Waals surface area contributed by atoms with Crippen LogP contribution >= 0.6 is 0 Å². The summed E-state index contributed by atoms with van der Waals surface area (Å²) < 4.78 is 42.6. The van der Waals surface area contributed by atoms with Gasteiger partial charge in [0, 0.05) is 0 Å². The molecule has 0 saturated carbocycles. The average Bonchev–Trinajstić information content (AvgIpc) is 2.45. The number of hydrogen-bond acceptors (Lipinski definition) is 3. The number of benzene rings is 1. The zero-order chi connectivity index (χ0) is 16.8. The van der Waals surface area contributed by atoms with Crippen molar-refractivity contribution in [2.45, 2.75) is 32.0 Å². The first-order valence-electron chi connectivity index (χ1n) is 6.94. The third-order valence-electron chi connectivity index (χ3n) is 3.25. The summed E-state index contributed by atoms with van der Waals surface area (Å²) in [6.07, 6.45) is -1.87. The van der Waals surface area contributed by atoms with Crippen molar-refractivity contribution in [1.29, 1.82) is 0 Å². The highest BCUT2D eigenvalue weighted by molar-refractivity contribution is 5.71. The van der Waals surface area contributed by atoms with Crippen LogP contribution in [-0.2, 0) is 22.1 Å². The summed E-state index contributed by atoms with van der Waals surface area (Å²) in [5, 5.41) is 0. The van der Waals surface area contributed by atoms with Gasteiger partial charge in [0.15, 0.2) is 0 Å². The third kappa shape index (κ3) is 5.89. The lowest BCUT2D eigenvalue weighted by molar-refractivity contribution is -0.147. The first kappa shape index (κ1) is 18.2. The molecular formula is C16H20F3NO2. The monoisotopic (exact) mass is 315 g/mol. The standard InChI is InChI=1S/C16H20F3NO2/c1-3-12(8-11(2)22-15(21)10-20)9-13-4-6-14(7-5-13)16(17,18)19/h3-7,11-12H,1,8-10,20H2,2H3. The summed E-state index contributed by atoms with van der Waals surface area (Å²) in [4.78, 5) is 11.1. The number of nitrogens with two attached hydrogens (primary N) is 1. The molecule has 0 aromatic heterocycles. The molecule has 2 N–H and O–H groups in total. The van der Waals surface area contributed by atoms with Gasteiger partial charge < -0.3 is 10.5 Å². The summed E-state index contributed by atoms with van der Waals surface area (Å²) in [7, 11) is 0. The van der Waals surface area contributed by atoms with Crippen LogP contribution in [0.15, 0.2) is 36.9 Å². The predicted molar refractivity (Wildman–Crippen MR) is 78.1 cm³/mol. The Balaban J connectivity index is 2.62. The van der Waals surface area contributed by atoms with Crippen molar-refractivity contribution in [1.82, 2.24) is 0 Å². The quantitative estimate of drug-likeness (QED) is 0.620. The van der Waals surface area contributed by atoms with Gasteiger partial charge in [-0.15, -0.1) is 6.58 Å². The molecule has 6 heteroatoms. The van der Waals surface area contributed by atoms with Crippen LogP contribution in [0.5, 0.6) is 0 Å². The summed E-state index contributed by atoms with van der Waals surface area (Å²) in [5.74, 6) is -0.484. The SMILES string of the molecule is C=CC(Cc1ccc(C(F)(F)F)cc1)CC(C)OC(=O)CN. The highest BCUT2D eigenvalue weighted by Gasteiger charge is 2.30. The fraction of sp³-hybridized carbons (Fsp3) is 0.438. The van der Waals surface area contributed by atoms with Crippen LogP contribution in [0.3, 0.4) is 0 Å². The number of allylic oxidation sites excluding steroid dienone is 1. The predicted octanol–water partition coefficient (Wildman–Crippen LogP) is 3.33. The van der Waals surface area contributed by atoms with Gasteiger partial charge in [-0.2, -0.15) is 13.2 Å². The van der Waals surface area contributed by atoms with Gasteiger partial charge in [-0.1, -0.05) is 18.2 Å². The van der Waals surface area contributed by atoms with Crippen molar-refractivity contribution < 1.29 is 22.7 Å². The Hall–Kier alpha value is -1.82. The van der Waals surface area contributed by atoms with Crippen LogP contribution in [0.25, 0.3) is 0 Å². The van der Waals surface area contributed by atoms with E-state index in [0.717, 1.165) is 17.7 Å². The highest BCUT2D eigenvalue weighted by Crippen LogP contribution is 2.29. The molecule has 22 heavy (non-hydrogen) atoms. The summed E-state index contributed by atoms with van der Waals surface area (Å²) in [6.45, 7) is 5.29. The molecule has 2 atom stereocenters. The lowest BCUT2D eigenvalue weighted by Crippen LogP contribution is -2.24. The lowest BCUT2D eigenvalue weighted by Gasteiger charge is -2.18. The first-order chi connectivity index (χ1) is 10.3. The smallest absolute Gasteiger partial charge is 0.416 e. The second kappa shape index (κ2) is 7.98. The molecule has 0 bridgehead atoms. The molecule has 0 spiro atoms. The van der Waals surface area contributed by atoms with Gasteiger partial charge in [-0.3, -0.25) is 4.79 Å². The van der Waals surface area contributed by atoms with Gasteiger partial charge in [-0.25, -0.2) is 0 Å². The van der Waals surface area contributed by atoms with Crippen molar-refractivity contribution in [2.24, 2.45) is 11.7 Å². The molecule has 1 aromatic rings. The molecule has 122 valence electrons. The second-order valence-corrected chi connectivity index (χ2v) is 5.13. The van der Waals surface area contributed by atoms with E-state index in [4.69, 9.17) is 10.5 Å². The number of rotatable bonds is 7. The fourth-order valence-electron chi connectivity index (χ4n) is 2.14. The molecule has 1 rings (SSSR count). The number of carbonyl (C=O) groups excluding carboxylic acids is 1. The van der Waals surface area contributed by atoms with E-state index in [1.165, 1.54) is 12.1 Å². The zero-order valence-corrected chi connectivity index (χ0v) is 12.4. The minimum Gasteiger partial charge on any atom is -0.462 e. The largest absolute Gasteiger partial charge is 0.462 e. The maximum absolute atomic E-state index is 12.5. The Labute approximate surface area is 128 Å². The minimum absolute atomic E-state index is 0.00249. The maximum Gasteiger partial charge on any atom is 0.416 e. The van der Waals surface area contributed by atoms with E-state index in [1.54, 1.807) is 13.0 Å². The van der Waals surface area contributed by atoms with Crippen LogP contribution in [-0.4, -0.2) is 18.6 Å². The fourth-order valence-corrected chi connectivity index (χ4v) is 2.14. The Morgan fingerprint density at radius 2 is 1.95 bits per heavy atom. The maximum atomic E-state index is 12.5. The number of alkyl halides is 3. The van der Waals surface area contributed by atoms with Crippen molar-refractivity contribution in [3.63, 3.8) is 0 Å². The van der Waals surface area contributed by atoms with Gasteiger partial charge in [0.25, 0.3) is 0 Å². The van der Waals surface area contributed by atoms with E-state index in [1.807, 2.05) is 0 Å². The molecule has 0 heterocycles. The van der Waals surface area contributed by atoms with Gasteiger partial charge in [0.1, 0.15) is 0 Å². The van der Waals surface area contributed by atoms with Crippen LogP contribution < -0.4 is 5.73 Å². The van der Waals surface area contributed by atoms with Crippen LogP contribution in [0.4, 0.5) is 13.2 Å². The van der Waals surface area contributed by atoms with Crippen molar-refractivity contribution in [3.05, 3.63) is 48.0 Å². The van der Waals surface area contributed by atoms with Crippen molar-refractivity contribution in [2.75, 3.05) is 6.54 Å². The van der Waals surface area contributed by atoms with Crippen molar-refractivity contribution in [3.8, 4) is 0 Å². The van der Waals surface area contributed by atoms with Gasteiger partial charge in [0.2, 0.25) is 0 Å². The van der Waals surface area contributed by atoms with Gasteiger partial charge >= 0.3 is 12.1 Å². The second-order valence-electron chi connectivity index (χ2n) is 5.13. The summed E-state index contributed by atoms with van der Waals surface area (Å²) in [5.41, 5.74) is 5.27. The first-order valence-corrected chi connectivity index (χ1v) is 6.94. The van der Waals surface area contributed by atoms with Gasteiger partial charge in [0.05, 0.1) is 18.2 Å². The number of esters is 1.